The Bertz CT molecular complexity index is 736. The minimum atomic E-state index is -0.586. The Labute approximate surface area is 146 Å². The minimum Gasteiger partial charge on any atom is -0.483 e. The lowest BCUT2D eigenvalue weighted by Crippen LogP contribution is -2.22. The quantitative estimate of drug-likeness (QED) is 0.720. The highest BCUT2D eigenvalue weighted by Crippen LogP contribution is 2.26. The first-order valence-electron chi connectivity index (χ1n) is 8.04. The maximum absolute atomic E-state index is 13.4. The number of nitrogens with one attached hydrogen (secondary N) is 1. The van der Waals surface area contributed by atoms with Crippen LogP contribution >= 0.6 is 0 Å². The molecule has 0 aromatic heterocycles. The molecule has 0 fully saturated rings. The van der Waals surface area contributed by atoms with E-state index in [9.17, 15) is 19.4 Å². The molecule has 6 heteroatoms. The average Bonchev–Trinajstić information content (AvgIpc) is 2.61. The van der Waals surface area contributed by atoms with Crippen LogP contribution in [0.2, 0.25) is 0 Å². The van der Waals surface area contributed by atoms with Crippen LogP contribution in [0.1, 0.15) is 29.2 Å². The van der Waals surface area contributed by atoms with Gasteiger partial charge in [0.15, 0.2) is 6.61 Å². The van der Waals surface area contributed by atoms with Gasteiger partial charge in [-0.2, -0.15) is 0 Å². The van der Waals surface area contributed by atoms with Crippen molar-refractivity contribution in [3.05, 3.63) is 58.4 Å². The zero-order valence-electron chi connectivity index (χ0n) is 14.3. The lowest BCUT2D eigenvalue weighted by atomic mass is 10.1. The fraction of sp³-hybridized carbons (Fsp3) is 0.316. The van der Waals surface area contributed by atoms with Gasteiger partial charge in [-0.25, -0.2) is 4.39 Å². The fourth-order valence-electron chi connectivity index (χ4n) is 2.65. The Morgan fingerprint density at radius 2 is 1.80 bits per heavy atom. The average molecular weight is 347 g/mol. The number of hydrogen-bond acceptors (Lipinski definition) is 4. The topological polar surface area (TPSA) is 78.8 Å². The number of hydrogen-bond donors (Lipinski definition) is 3. The molecule has 0 aliphatic carbocycles. The number of aryl methyl sites for hydroxylation is 2. The Balaban J connectivity index is 2.14. The van der Waals surface area contributed by atoms with Gasteiger partial charge in [-0.3, -0.25) is 4.79 Å². The number of aliphatic hydroxyl groups is 2. The predicted octanol–water partition coefficient (Wildman–Crippen LogP) is 2.70. The van der Waals surface area contributed by atoms with Crippen LogP contribution in [0.4, 0.5) is 10.1 Å². The normalized spacial score (nSPS) is 10.6. The van der Waals surface area contributed by atoms with Gasteiger partial charge in [0, 0.05) is 16.8 Å². The summed E-state index contributed by atoms with van der Waals surface area (Å²) in [7, 11) is 0. The highest BCUT2D eigenvalue weighted by Gasteiger charge is 2.15. The van der Waals surface area contributed by atoms with Gasteiger partial charge >= 0.3 is 0 Å². The van der Waals surface area contributed by atoms with Gasteiger partial charge in [0.1, 0.15) is 11.6 Å². The van der Waals surface area contributed by atoms with Crippen LogP contribution in [0.15, 0.2) is 30.3 Å². The number of benzene rings is 2. The number of anilines is 1. The lowest BCUT2D eigenvalue weighted by molar-refractivity contribution is -0.118. The van der Waals surface area contributed by atoms with Crippen LogP contribution in [0.5, 0.6) is 5.75 Å². The molecule has 0 spiro atoms. The lowest BCUT2D eigenvalue weighted by Gasteiger charge is -2.16. The molecule has 1 amide bonds. The zero-order valence-corrected chi connectivity index (χ0v) is 14.3. The Hall–Kier alpha value is -2.44. The van der Waals surface area contributed by atoms with Crippen molar-refractivity contribution < 1.29 is 24.1 Å². The smallest absolute Gasteiger partial charge is 0.262 e. The summed E-state index contributed by atoms with van der Waals surface area (Å²) in [5.74, 6) is -0.833. The van der Waals surface area contributed by atoms with E-state index in [4.69, 9.17) is 4.74 Å². The van der Waals surface area contributed by atoms with E-state index in [0.29, 0.717) is 0 Å². The highest BCUT2D eigenvalue weighted by molar-refractivity contribution is 5.93. The van der Waals surface area contributed by atoms with Crippen molar-refractivity contribution in [1.82, 2.24) is 0 Å². The highest BCUT2D eigenvalue weighted by atomic mass is 19.1. The summed E-state index contributed by atoms with van der Waals surface area (Å²) in [6.45, 7) is 2.67. The maximum Gasteiger partial charge on any atom is 0.262 e. The Kier molecular flexibility index (Phi) is 6.50. The summed E-state index contributed by atoms with van der Waals surface area (Å²) in [5, 5.41) is 21.5. The SMILES string of the molecule is CCc1cccc(C)c1NC(=O)COc1c(CO)cc(F)cc1CO. The molecular weight excluding hydrogens is 325 g/mol. The molecule has 2 aromatic carbocycles. The largest absolute Gasteiger partial charge is 0.483 e. The monoisotopic (exact) mass is 347 g/mol. The van der Waals surface area contributed by atoms with E-state index in [0.717, 1.165) is 35.4 Å². The number of amides is 1. The predicted molar refractivity (Wildman–Crippen MR) is 92.9 cm³/mol. The molecule has 3 N–H and O–H groups in total. The number of ether oxygens (including phenoxy) is 1. The number of rotatable bonds is 7. The van der Waals surface area contributed by atoms with Crippen molar-refractivity contribution in [2.75, 3.05) is 11.9 Å². The summed E-state index contributed by atoms with van der Waals surface area (Å²) < 4.78 is 18.9. The van der Waals surface area contributed by atoms with Crippen LogP contribution in [-0.4, -0.2) is 22.7 Å². The van der Waals surface area contributed by atoms with Crippen LogP contribution in [0.25, 0.3) is 0 Å². The van der Waals surface area contributed by atoms with Crippen LogP contribution in [0.3, 0.4) is 0 Å². The van der Waals surface area contributed by atoms with E-state index in [1.165, 1.54) is 0 Å². The second kappa shape index (κ2) is 8.60. The number of carbonyl (C=O) groups excluding carboxylic acids is 1. The molecule has 0 atom stereocenters. The first-order valence-corrected chi connectivity index (χ1v) is 8.04. The second-order valence-corrected chi connectivity index (χ2v) is 5.67. The van der Waals surface area contributed by atoms with Crippen molar-refractivity contribution in [2.45, 2.75) is 33.5 Å². The maximum atomic E-state index is 13.4. The summed E-state index contributed by atoms with van der Waals surface area (Å²) in [5.41, 5.74) is 3.08. The number of halogens is 1. The summed E-state index contributed by atoms with van der Waals surface area (Å²) in [6, 6.07) is 8.01. The van der Waals surface area contributed by atoms with E-state index < -0.39 is 19.0 Å². The number of carbonyl (C=O) groups is 1. The first kappa shape index (κ1) is 18.9. The third-order valence-electron chi connectivity index (χ3n) is 3.90. The van der Waals surface area contributed by atoms with Crippen LogP contribution in [-0.2, 0) is 24.4 Å². The van der Waals surface area contributed by atoms with Crippen molar-refractivity contribution in [3.8, 4) is 5.75 Å². The Morgan fingerprint density at radius 1 is 1.16 bits per heavy atom. The minimum absolute atomic E-state index is 0.127. The molecule has 0 heterocycles. The van der Waals surface area contributed by atoms with Gasteiger partial charge in [-0.1, -0.05) is 25.1 Å². The molecule has 0 radical (unpaired) electrons. The fourth-order valence-corrected chi connectivity index (χ4v) is 2.65. The summed E-state index contributed by atoms with van der Waals surface area (Å²) >= 11 is 0. The number of para-hydroxylation sites is 1. The van der Waals surface area contributed by atoms with Gasteiger partial charge in [-0.05, 0) is 36.6 Å². The van der Waals surface area contributed by atoms with Crippen molar-refractivity contribution in [3.63, 3.8) is 0 Å². The van der Waals surface area contributed by atoms with Crippen molar-refractivity contribution >= 4 is 11.6 Å². The summed E-state index contributed by atoms with van der Waals surface area (Å²) in [4.78, 5) is 12.2. The van der Waals surface area contributed by atoms with E-state index in [1.54, 1.807) is 0 Å². The van der Waals surface area contributed by atoms with Gasteiger partial charge in [-0.15, -0.1) is 0 Å². The van der Waals surface area contributed by atoms with Gasteiger partial charge < -0.3 is 20.3 Å². The number of aliphatic hydroxyl groups excluding tert-OH is 2. The molecule has 134 valence electrons. The zero-order chi connectivity index (χ0) is 18.4. The second-order valence-electron chi connectivity index (χ2n) is 5.67. The standard InChI is InChI=1S/C19H22FNO4/c1-3-13-6-4-5-12(2)18(13)21-17(24)11-25-19-14(9-22)7-16(20)8-15(19)10-23/h4-8,22-23H,3,9-11H2,1-2H3,(H,21,24). The van der Waals surface area contributed by atoms with E-state index in [1.807, 2.05) is 32.0 Å². The third-order valence-corrected chi connectivity index (χ3v) is 3.90. The first-order chi connectivity index (χ1) is 12.0. The molecule has 0 unspecified atom stereocenters. The Morgan fingerprint density at radius 3 is 2.36 bits per heavy atom. The van der Waals surface area contributed by atoms with Crippen LogP contribution in [0, 0.1) is 12.7 Å². The summed E-state index contributed by atoms with van der Waals surface area (Å²) in [6.07, 6.45) is 0.777. The molecule has 25 heavy (non-hydrogen) atoms. The van der Waals surface area contributed by atoms with Gasteiger partial charge in [0.05, 0.1) is 13.2 Å². The third kappa shape index (κ3) is 4.55. The molecule has 0 aliphatic heterocycles. The van der Waals surface area contributed by atoms with Crippen molar-refractivity contribution in [2.24, 2.45) is 0 Å². The molecule has 2 rings (SSSR count). The molecule has 2 aromatic rings. The van der Waals surface area contributed by atoms with E-state index >= 15 is 0 Å². The molecule has 0 bridgehead atoms. The van der Waals surface area contributed by atoms with Gasteiger partial charge in [0.25, 0.3) is 5.91 Å². The molecule has 0 saturated heterocycles. The van der Waals surface area contributed by atoms with Crippen molar-refractivity contribution in [1.29, 1.82) is 0 Å². The van der Waals surface area contributed by atoms with Crippen LogP contribution < -0.4 is 10.1 Å². The molecular formula is C19H22FNO4. The molecule has 5 nitrogen and oxygen atoms in total. The molecule has 0 saturated carbocycles. The van der Waals surface area contributed by atoms with Gasteiger partial charge in [0.2, 0.25) is 0 Å². The van der Waals surface area contributed by atoms with E-state index in [2.05, 4.69) is 5.32 Å². The molecule has 0 aliphatic rings. The van der Waals surface area contributed by atoms with E-state index in [-0.39, 0.29) is 29.4 Å².